The number of hydrogen-bond donors (Lipinski definition) is 1. The highest BCUT2D eigenvalue weighted by atomic mass is 16.1. The van der Waals surface area contributed by atoms with Crippen molar-refractivity contribution in [1.82, 2.24) is 0 Å². The minimum absolute atomic E-state index is 0.391. The van der Waals surface area contributed by atoms with Gasteiger partial charge in [-0.1, -0.05) is 18.2 Å². The first kappa shape index (κ1) is 7.95. The molecule has 0 aliphatic carbocycles. The molecule has 2 N–H and O–H groups in total. The highest BCUT2D eigenvalue weighted by Gasteiger charge is 1.93. The summed E-state index contributed by atoms with van der Waals surface area (Å²) in [4.78, 5) is 10.3. The van der Waals surface area contributed by atoms with Gasteiger partial charge < -0.3 is 5.73 Å². The smallest absolute Gasteiger partial charge is 0.244 e. The molecule has 0 unspecified atom stereocenters. The second-order valence-electron chi connectivity index (χ2n) is 2.04. The molecule has 0 aromatic heterocycles. The molecule has 0 rings (SSSR count). The van der Waals surface area contributed by atoms with Crippen LogP contribution < -0.4 is 5.73 Å². The molecule has 0 saturated carbocycles. The average molecular weight is 125 g/mol. The number of carbonyl (C=O) groups excluding carboxylic acids is 1. The van der Waals surface area contributed by atoms with Crippen LogP contribution in [0.3, 0.4) is 0 Å². The molecular weight excluding hydrogens is 114 g/mol. The van der Waals surface area contributed by atoms with E-state index in [4.69, 9.17) is 5.73 Å². The third-order valence-corrected chi connectivity index (χ3v) is 0.852. The molecule has 0 aromatic carbocycles. The lowest BCUT2D eigenvalue weighted by Gasteiger charge is -1.91. The molecule has 0 radical (unpaired) electrons. The predicted octanol–water partition coefficient (Wildman–Crippen LogP) is 0.994. The summed E-state index contributed by atoms with van der Waals surface area (Å²) in [5, 5.41) is 0. The number of rotatable bonds is 2. The summed E-state index contributed by atoms with van der Waals surface area (Å²) in [6.45, 7) is 7.07. The molecule has 50 valence electrons. The predicted molar refractivity (Wildman–Crippen MR) is 37.8 cm³/mol. The number of primary amides is 1. The van der Waals surface area contributed by atoms with Crippen LogP contribution in [0.25, 0.3) is 0 Å². The summed E-state index contributed by atoms with van der Waals surface area (Å²) >= 11 is 0. The van der Waals surface area contributed by atoms with Gasteiger partial charge in [0.15, 0.2) is 0 Å². The lowest BCUT2D eigenvalue weighted by molar-refractivity contribution is -0.114. The van der Waals surface area contributed by atoms with Crippen molar-refractivity contribution in [2.75, 3.05) is 0 Å². The van der Waals surface area contributed by atoms with Gasteiger partial charge in [0, 0.05) is 5.57 Å². The van der Waals surface area contributed by atoms with Gasteiger partial charge in [0.05, 0.1) is 0 Å². The van der Waals surface area contributed by atoms with Crippen LogP contribution in [0.15, 0.2) is 23.8 Å². The Morgan fingerprint density at radius 3 is 2.11 bits per heavy atom. The van der Waals surface area contributed by atoms with Gasteiger partial charge in [0.25, 0.3) is 0 Å². The number of allylic oxidation sites excluding steroid dienone is 2. The number of carbonyl (C=O) groups is 1. The van der Waals surface area contributed by atoms with Crippen molar-refractivity contribution in [2.24, 2.45) is 5.73 Å². The molecule has 2 heteroatoms. The van der Waals surface area contributed by atoms with Crippen LogP contribution >= 0.6 is 0 Å². The standard InChI is InChI=1S/C7H11NO/c1-5(2)4-6(3)7(8)9/h4H,1H2,2-3H3,(H2,8,9)/b6-4-. The Kier molecular flexibility index (Phi) is 2.71. The molecule has 2 nitrogen and oxygen atoms in total. The first-order valence-electron chi connectivity index (χ1n) is 2.67. The first-order chi connectivity index (χ1) is 4.04. The van der Waals surface area contributed by atoms with Gasteiger partial charge in [-0.2, -0.15) is 0 Å². The third kappa shape index (κ3) is 3.53. The molecule has 0 aliphatic rings. The van der Waals surface area contributed by atoms with Crippen molar-refractivity contribution in [1.29, 1.82) is 0 Å². The van der Waals surface area contributed by atoms with Crippen LogP contribution in [0.4, 0.5) is 0 Å². The summed E-state index contributed by atoms with van der Waals surface area (Å²) in [6.07, 6.45) is 1.66. The summed E-state index contributed by atoms with van der Waals surface area (Å²) in [7, 11) is 0. The van der Waals surface area contributed by atoms with Gasteiger partial charge in [0.1, 0.15) is 0 Å². The van der Waals surface area contributed by atoms with Gasteiger partial charge in [-0.25, -0.2) is 0 Å². The van der Waals surface area contributed by atoms with Gasteiger partial charge in [-0.15, -0.1) is 0 Å². The van der Waals surface area contributed by atoms with E-state index < -0.39 is 5.91 Å². The summed E-state index contributed by atoms with van der Waals surface area (Å²) in [5.74, 6) is -0.391. The zero-order valence-corrected chi connectivity index (χ0v) is 5.77. The van der Waals surface area contributed by atoms with E-state index in [2.05, 4.69) is 6.58 Å². The lowest BCUT2D eigenvalue weighted by atomic mass is 10.2. The Bertz CT molecular complexity index is 168. The Balaban J connectivity index is 4.17. The van der Waals surface area contributed by atoms with Crippen LogP contribution in [-0.4, -0.2) is 5.91 Å². The maximum absolute atomic E-state index is 10.3. The number of nitrogens with two attached hydrogens (primary N) is 1. The zero-order valence-electron chi connectivity index (χ0n) is 5.77. The van der Waals surface area contributed by atoms with Crippen LogP contribution in [0, 0.1) is 0 Å². The van der Waals surface area contributed by atoms with E-state index in [9.17, 15) is 4.79 Å². The van der Waals surface area contributed by atoms with Gasteiger partial charge in [0.2, 0.25) is 5.91 Å². The van der Waals surface area contributed by atoms with Crippen LogP contribution in [0.2, 0.25) is 0 Å². The zero-order chi connectivity index (χ0) is 7.44. The SMILES string of the molecule is C=C(C)/C=C(/C)C(N)=O. The minimum atomic E-state index is -0.391. The van der Waals surface area contributed by atoms with Crippen molar-refractivity contribution in [3.8, 4) is 0 Å². The van der Waals surface area contributed by atoms with Crippen molar-refractivity contribution >= 4 is 5.91 Å². The maximum atomic E-state index is 10.3. The molecule has 9 heavy (non-hydrogen) atoms. The van der Waals surface area contributed by atoms with Gasteiger partial charge >= 0.3 is 0 Å². The molecule has 0 heterocycles. The fourth-order valence-electron chi connectivity index (χ4n) is 0.441. The highest BCUT2D eigenvalue weighted by molar-refractivity contribution is 5.91. The third-order valence-electron chi connectivity index (χ3n) is 0.852. The Morgan fingerprint density at radius 2 is 2.00 bits per heavy atom. The maximum Gasteiger partial charge on any atom is 0.244 e. The van der Waals surface area contributed by atoms with E-state index in [-0.39, 0.29) is 0 Å². The van der Waals surface area contributed by atoms with E-state index in [1.807, 2.05) is 6.92 Å². The topological polar surface area (TPSA) is 43.1 Å². The molecule has 0 saturated heterocycles. The molecule has 1 amide bonds. The largest absolute Gasteiger partial charge is 0.366 e. The summed E-state index contributed by atoms with van der Waals surface area (Å²) in [5.41, 5.74) is 6.32. The highest BCUT2D eigenvalue weighted by Crippen LogP contribution is 1.96. The summed E-state index contributed by atoms with van der Waals surface area (Å²) in [6, 6.07) is 0. The van der Waals surface area contributed by atoms with Crippen molar-refractivity contribution < 1.29 is 4.79 Å². The van der Waals surface area contributed by atoms with E-state index in [1.165, 1.54) is 0 Å². The molecule has 0 bridgehead atoms. The van der Waals surface area contributed by atoms with Crippen molar-refractivity contribution in [3.63, 3.8) is 0 Å². The van der Waals surface area contributed by atoms with E-state index in [1.54, 1.807) is 13.0 Å². The second-order valence-corrected chi connectivity index (χ2v) is 2.04. The fraction of sp³-hybridized carbons (Fsp3) is 0.286. The van der Waals surface area contributed by atoms with Crippen molar-refractivity contribution in [2.45, 2.75) is 13.8 Å². The number of hydrogen-bond acceptors (Lipinski definition) is 1. The quantitative estimate of drug-likeness (QED) is 0.434. The van der Waals surface area contributed by atoms with E-state index in [0.717, 1.165) is 5.57 Å². The van der Waals surface area contributed by atoms with E-state index in [0.29, 0.717) is 5.57 Å². The van der Waals surface area contributed by atoms with Crippen LogP contribution in [0.1, 0.15) is 13.8 Å². The van der Waals surface area contributed by atoms with Crippen LogP contribution in [0.5, 0.6) is 0 Å². The molecular formula is C7H11NO. The first-order valence-corrected chi connectivity index (χ1v) is 2.67. The molecule has 0 atom stereocenters. The second kappa shape index (κ2) is 3.07. The molecule has 0 aromatic rings. The number of amides is 1. The fourth-order valence-corrected chi connectivity index (χ4v) is 0.441. The Labute approximate surface area is 55.1 Å². The van der Waals surface area contributed by atoms with Crippen molar-refractivity contribution in [3.05, 3.63) is 23.8 Å². The van der Waals surface area contributed by atoms with Gasteiger partial charge in [-0.3, -0.25) is 4.79 Å². The lowest BCUT2D eigenvalue weighted by Crippen LogP contribution is -2.11. The monoisotopic (exact) mass is 125 g/mol. The van der Waals surface area contributed by atoms with Crippen LogP contribution in [-0.2, 0) is 4.79 Å². The van der Waals surface area contributed by atoms with Gasteiger partial charge in [-0.05, 0) is 13.8 Å². The normalized spacial score (nSPS) is 11.1. The molecule has 0 fully saturated rings. The van der Waals surface area contributed by atoms with E-state index >= 15 is 0 Å². The minimum Gasteiger partial charge on any atom is -0.366 e. The molecule has 0 spiro atoms. The Morgan fingerprint density at radius 1 is 1.56 bits per heavy atom. The average Bonchev–Trinajstić information content (AvgIpc) is 1.63. The Hall–Kier alpha value is -1.05. The summed E-state index contributed by atoms with van der Waals surface area (Å²) < 4.78 is 0. The molecule has 0 aliphatic heterocycles.